The van der Waals surface area contributed by atoms with Gasteiger partial charge in [-0.05, 0) is 111 Å². The Balaban J connectivity index is 0.958. The quantitative estimate of drug-likeness (QED) is 0.156. The van der Waals surface area contributed by atoms with Gasteiger partial charge in [-0.3, -0.25) is 0 Å². The van der Waals surface area contributed by atoms with Crippen molar-refractivity contribution in [1.29, 1.82) is 0 Å². The smallest absolute Gasteiger partial charge is 0.0476 e. The molecular formula is C56H33NS3. The van der Waals surface area contributed by atoms with Gasteiger partial charge in [-0.15, -0.1) is 34.0 Å². The number of hydrogen-bond donors (Lipinski definition) is 0. The van der Waals surface area contributed by atoms with Crippen LogP contribution in [0.2, 0.25) is 0 Å². The molecule has 0 spiro atoms. The zero-order valence-corrected chi connectivity index (χ0v) is 34.7. The predicted molar refractivity (Wildman–Crippen MR) is 266 cm³/mol. The highest BCUT2D eigenvalue weighted by Crippen LogP contribution is 2.48. The summed E-state index contributed by atoms with van der Waals surface area (Å²) in [5.41, 5.74) is 8.35. The SMILES string of the molecule is c1ccc2c(c1)cc(-c1ccc(N(c3ccc(-c4cccc5sc6ccc7c8ccccc8sc7c6c45)cc3)c3ccc4c(c3)sc3ccccc34)cc1)c1ccccc12. The van der Waals surface area contributed by atoms with Crippen LogP contribution in [0.1, 0.15) is 0 Å². The van der Waals surface area contributed by atoms with Crippen LogP contribution < -0.4 is 4.90 Å². The van der Waals surface area contributed by atoms with Gasteiger partial charge in [0.2, 0.25) is 0 Å². The summed E-state index contributed by atoms with van der Waals surface area (Å²) in [5, 5.41) is 13.1. The lowest BCUT2D eigenvalue weighted by atomic mass is 9.93. The van der Waals surface area contributed by atoms with Crippen molar-refractivity contribution in [2.24, 2.45) is 0 Å². The Morgan fingerprint density at radius 2 is 0.817 bits per heavy atom. The van der Waals surface area contributed by atoms with Crippen LogP contribution in [0.15, 0.2) is 200 Å². The van der Waals surface area contributed by atoms with Crippen LogP contribution in [0, 0.1) is 0 Å². The third-order valence-corrected chi connectivity index (χ3v) is 15.7. The van der Waals surface area contributed by atoms with Crippen molar-refractivity contribution >= 4 is 133 Å². The first kappa shape index (κ1) is 34.1. The molecule has 0 amide bonds. The zero-order valence-electron chi connectivity index (χ0n) is 32.2. The van der Waals surface area contributed by atoms with E-state index in [1.807, 2.05) is 34.0 Å². The molecule has 0 N–H and O–H groups in total. The molecule has 0 saturated carbocycles. The van der Waals surface area contributed by atoms with Gasteiger partial charge in [0.15, 0.2) is 0 Å². The van der Waals surface area contributed by atoms with Gasteiger partial charge in [0.05, 0.1) is 0 Å². The molecule has 3 aromatic heterocycles. The number of thiophene rings is 3. The van der Waals surface area contributed by atoms with Crippen molar-refractivity contribution < 1.29 is 0 Å². The summed E-state index contributed by atoms with van der Waals surface area (Å²) in [6.07, 6.45) is 0. The number of anilines is 3. The van der Waals surface area contributed by atoms with Gasteiger partial charge in [-0.2, -0.15) is 0 Å². The van der Waals surface area contributed by atoms with Crippen LogP contribution in [0.5, 0.6) is 0 Å². The molecule has 0 atom stereocenters. The summed E-state index contributed by atoms with van der Waals surface area (Å²) in [4.78, 5) is 2.41. The maximum Gasteiger partial charge on any atom is 0.0476 e. The second kappa shape index (κ2) is 13.4. The monoisotopic (exact) mass is 815 g/mol. The molecule has 0 radical (unpaired) electrons. The number of hydrogen-bond acceptors (Lipinski definition) is 4. The van der Waals surface area contributed by atoms with Gasteiger partial charge in [0, 0.05) is 77.6 Å². The minimum absolute atomic E-state index is 1.12. The van der Waals surface area contributed by atoms with Crippen LogP contribution in [0.25, 0.3) is 104 Å². The highest BCUT2D eigenvalue weighted by atomic mass is 32.1. The van der Waals surface area contributed by atoms with E-state index in [0.717, 1.165) is 17.1 Å². The van der Waals surface area contributed by atoms with Crippen molar-refractivity contribution in [3.63, 3.8) is 0 Å². The van der Waals surface area contributed by atoms with E-state index in [4.69, 9.17) is 0 Å². The van der Waals surface area contributed by atoms with Crippen LogP contribution in [0.3, 0.4) is 0 Å². The molecule has 13 aromatic rings. The summed E-state index contributed by atoms with van der Waals surface area (Å²) in [6.45, 7) is 0. The molecule has 0 aliphatic carbocycles. The van der Waals surface area contributed by atoms with Crippen LogP contribution in [-0.4, -0.2) is 0 Å². The molecule has 1 nitrogen and oxygen atoms in total. The lowest BCUT2D eigenvalue weighted by Gasteiger charge is -2.26. The van der Waals surface area contributed by atoms with Gasteiger partial charge in [0.1, 0.15) is 0 Å². The maximum absolute atomic E-state index is 2.41. The first-order valence-electron chi connectivity index (χ1n) is 20.3. The summed E-state index contributed by atoms with van der Waals surface area (Å²) in [6, 6.07) is 74.3. The summed E-state index contributed by atoms with van der Waals surface area (Å²) in [5.74, 6) is 0. The Morgan fingerprint density at radius 3 is 1.58 bits per heavy atom. The van der Waals surface area contributed by atoms with Gasteiger partial charge < -0.3 is 4.90 Å². The lowest BCUT2D eigenvalue weighted by molar-refractivity contribution is 1.29. The average Bonchev–Trinajstić information content (AvgIpc) is 4.00. The Morgan fingerprint density at radius 1 is 0.283 bits per heavy atom. The highest BCUT2D eigenvalue weighted by molar-refractivity contribution is 7.30. The van der Waals surface area contributed by atoms with E-state index in [9.17, 15) is 0 Å². The molecule has 0 fully saturated rings. The van der Waals surface area contributed by atoms with E-state index in [1.54, 1.807) is 0 Å². The van der Waals surface area contributed by atoms with E-state index in [1.165, 1.54) is 104 Å². The Labute approximate surface area is 358 Å². The molecule has 3 heterocycles. The third kappa shape index (κ3) is 5.22. The van der Waals surface area contributed by atoms with Crippen molar-refractivity contribution in [1.82, 2.24) is 0 Å². The Bertz CT molecular complexity index is 3830. The van der Waals surface area contributed by atoms with Gasteiger partial charge >= 0.3 is 0 Å². The molecule has 60 heavy (non-hydrogen) atoms. The first-order valence-corrected chi connectivity index (χ1v) is 22.8. The molecule has 0 saturated heterocycles. The number of nitrogens with zero attached hydrogens (tertiary/aromatic N) is 1. The number of rotatable bonds is 5. The van der Waals surface area contributed by atoms with Crippen LogP contribution >= 0.6 is 34.0 Å². The van der Waals surface area contributed by atoms with Gasteiger partial charge in [-0.25, -0.2) is 0 Å². The third-order valence-electron chi connectivity index (χ3n) is 12.3. The molecule has 0 unspecified atom stereocenters. The van der Waals surface area contributed by atoms with Crippen LogP contribution in [-0.2, 0) is 0 Å². The highest BCUT2D eigenvalue weighted by Gasteiger charge is 2.19. The second-order valence-electron chi connectivity index (χ2n) is 15.6. The minimum atomic E-state index is 1.12. The number of fused-ring (bicyclic) bond motifs is 13. The number of benzene rings is 10. The van der Waals surface area contributed by atoms with E-state index in [-0.39, 0.29) is 0 Å². The van der Waals surface area contributed by atoms with Gasteiger partial charge in [-0.1, -0.05) is 133 Å². The fourth-order valence-electron chi connectivity index (χ4n) is 9.50. The second-order valence-corrected chi connectivity index (χ2v) is 18.8. The Kier molecular flexibility index (Phi) is 7.58. The topological polar surface area (TPSA) is 3.24 Å². The van der Waals surface area contributed by atoms with E-state index >= 15 is 0 Å². The standard InChI is InChI=1S/C56H33NS3/c1-2-11-40-36(10-1)32-48(43-13-4-3-12-42(40)43)35-22-26-38(27-23-35)57(39-28-29-46-44-14-5-7-17-49(44)58-53(46)33-39)37-24-20-34(21-25-37)41-16-9-19-51-54(41)55-52(59-51)31-30-47-45-15-6-8-18-50(45)60-56(47)55/h1-33H. The fourth-order valence-corrected chi connectivity index (χ4v) is 13.1. The average molecular weight is 816 g/mol. The van der Waals surface area contributed by atoms with Crippen LogP contribution in [0.4, 0.5) is 17.1 Å². The molecule has 0 aliphatic rings. The summed E-state index contributed by atoms with van der Waals surface area (Å²) in [7, 11) is 0. The molecule has 4 heteroatoms. The molecule has 13 rings (SSSR count). The van der Waals surface area contributed by atoms with E-state index in [2.05, 4.69) is 205 Å². The van der Waals surface area contributed by atoms with E-state index < -0.39 is 0 Å². The normalized spacial score (nSPS) is 12.0. The van der Waals surface area contributed by atoms with Crippen molar-refractivity contribution in [2.45, 2.75) is 0 Å². The largest absolute Gasteiger partial charge is 0.310 e. The summed E-state index contributed by atoms with van der Waals surface area (Å²) >= 11 is 5.68. The fraction of sp³-hybridized carbons (Fsp3) is 0. The van der Waals surface area contributed by atoms with Gasteiger partial charge in [0.25, 0.3) is 0 Å². The molecule has 10 aromatic carbocycles. The molecule has 280 valence electrons. The van der Waals surface area contributed by atoms with E-state index in [0.29, 0.717) is 0 Å². The van der Waals surface area contributed by atoms with Crippen molar-refractivity contribution in [3.05, 3.63) is 200 Å². The van der Waals surface area contributed by atoms with Crippen molar-refractivity contribution in [3.8, 4) is 22.3 Å². The van der Waals surface area contributed by atoms with Crippen molar-refractivity contribution in [2.75, 3.05) is 4.90 Å². The lowest BCUT2D eigenvalue weighted by Crippen LogP contribution is -2.09. The first-order chi connectivity index (χ1) is 29.7. The molecular weight excluding hydrogens is 783 g/mol. The predicted octanol–water partition coefficient (Wildman–Crippen LogP) is 17.9. The minimum Gasteiger partial charge on any atom is -0.310 e. The summed E-state index contributed by atoms with van der Waals surface area (Å²) < 4.78 is 8.00. The molecule has 0 bridgehead atoms. The molecule has 0 aliphatic heterocycles. The Hall–Kier alpha value is -6.82. The zero-order chi connectivity index (χ0) is 39.3. The maximum atomic E-state index is 2.41.